The van der Waals surface area contributed by atoms with Gasteiger partial charge in [0.15, 0.2) is 0 Å². The summed E-state index contributed by atoms with van der Waals surface area (Å²) in [6, 6.07) is 9.91. The van der Waals surface area contributed by atoms with Gasteiger partial charge in [0.1, 0.15) is 11.5 Å². The molecule has 0 aromatic heterocycles. The molecule has 1 heterocycles. The van der Waals surface area contributed by atoms with Crippen LogP contribution in [-0.4, -0.2) is 65.3 Å². The molecule has 9 nitrogen and oxygen atoms in total. The standard InChI is InChI=1S/C26H31N3O6/c1-16(2)15-35-21-11-8-19(14-17(21)3)24(30)22-23(18-6-9-20(10-7-18)29(33)34)28(13-12-27(4)5)26(32)25(22)31/h6-11,14,16,23,30H,12-13,15H2,1-5H3/b24-22+/t23-/m0/s1. The van der Waals surface area contributed by atoms with Crippen molar-refractivity contribution in [3.8, 4) is 5.75 Å². The summed E-state index contributed by atoms with van der Waals surface area (Å²) in [6.45, 7) is 7.22. The summed E-state index contributed by atoms with van der Waals surface area (Å²) in [7, 11) is 3.70. The summed E-state index contributed by atoms with van der Waals surface area (Å²) in [6.07, 6.45) is 0. The van der Waals surface area contributed by atoms with Gasteiger partial charge in [-0.15, -0.1) is 0 Å². The molecule has 3 rings (SSSR count). The maximum absolute atomic E-state index is 13.1. The van der Waals surface area contributed by atoms with Crippen LogP contribution < -0.4 is 4.74 Å². The minimum Gasteiger partial charge on any atom is -0.507 e. The third-order valence-corrected chi connectivity index (χ3v) is 5.77. The van der Waals surface area contributed by atoms with Gasteiger partial charge in [-0.2, -0.15) is 0 Å². The lowest BCUT2D eigenvalue weighted by atomic mass is 9.94. The molecule has 0 unspecified atom stereocenters. The third kappa shape index (κ3) is 5.68. The quantitative estimate of drug-likeness (QED) is 0.190. The Kier molecular flexibility index (Phi) is 7.91. The lowest BCUT2D eigenvalue weighted by Crippen LogP contribution is -2.35. The second kappa shape index (κ2) is 10.7. The molecule has 1 aliphatic heterocycles. The van der Waals surface area contributed by atoms with Gasteiger partial charge in [-0.1, -0.05) is 13.8 Å². The molecule has 1 fully saturated rings. The topological polar surface area (TPSA) is 113 Å². The Hall–Kier alpha value is -3.72. The molecular formula is C26H31N3O6. The van der Waals surface area contributed by atoms with Gasteiger partial charge < -0.3 is 19.6 Å². The summed E-state index contributed by atoms with van der Waals surface area (Å²) >= 11 is 0. The van der Waals surface area contributed by atoms with Gasteiger partial charge >= 0.3 is 0 Å². The molecule has 0 radical (unpaired) electrons. The van der Waals surface area contributed by atoms with E-state index in [1.807, 2.05) is 39.8 Å². The minimum absolute atomic E-state index is 0.0437. The van der Waals surface area contributed by atoms with Crippen molar-refractivity contribution in [2.45, 2.75) is 26.8 Å². The van der Waals surface area contributed by atoms with Crippen LogP contribution in [0.2, 0.25) is 0 Å². The molecule has 1 N–H and O–H groups in total. The number of nitro benzene ring substituents is 1. The number of nitrogens with zero attached hydrogens (tertiary/aromatic N) is 3. The van der Waals surface area contributed by atoms with E-state index in [1.54, 1.807) is 18.2 Å². The first-order valence-corrected chi connectivity index (χ1v) is 11.4. The maximum Gasteiger partial charge on any atom is 0.295 e. The van der Waals surface area contributed by atoms with Crippen LogP contribution in [0.5, 0.6) is 5.75 Å². The number of amides is 1. The molecule has 35 heavy (non-hydrogen) atoms. The van der Waals surface area contributed by atoms with Crippen LogP contribution in [0.3, 0.4) is 0 Å². The highest BCUT2D eigenvalue weighted by Gasteiger charge is 2.46. The lowest BCUT2D eigenvalue weighted by Gasteiger charge is -2.26. The van der Waals surface area contributed by atoms with Crippen molar-refractivity contribution in [1.29, 1.82) is 0 Å². The highest BCUT2D eigenvalue weighted by Crippen LogP contribution is 2.40. The van der Waals surface area contributed by atoms with Gasteiger partial charge in [-0.3, -0.25) is 19.7 Å². The number of hydrogen-bond donors (Lipinski definition) is 1. The van der Waals surface area contributed by atoms with Crippen LogP contribution >= 0.6 is 0 Å². The summed E-state index contributed by atoms with van der Waals surface area (Å²) in [5.41, 5.74) is 1.52. The number of aliphatic hydroxyl groups excluding tert-OH is 1. The van der Waals surface area contributed by atoms with E-state index < -0.39 is 22.7 Å². The number of likely N-dealkylation sites (N-methyl/N-ethyl adjacent to an activating group) is 1. The van der Waals surface area contributed by atoms with E-state index in [1.165, 1.54) is 29.2 Å². The Morgan fingerprint density at radius 3 is 2.37 bits per heavy atom. The molecule has 0 aliphatic carbocycles. The van der Waals surface area contributed by atoms with Gasteiger partial charge in [-0.25, -0.2) is 0 Å². The minimum atomic E-state index is -0.868. The number of rotatable bonds is 9. The van der Waals surface area contributed by atoms with E-state index in [4.69, 9.17) is 4.74 Å². The van der Waals surface area contributed by atoms with Gasteiger partial charge in [0.2, 0.25) is 0 Å². The number of carbonyl (C=O) groups excluding carboxylic acids is 2. The van der Waals surface area contributed by atoms with Crippen molar-refractivity contribution in [3.05, 3.63) is 74.8 Å². The summed E-state index contributed by atoms with van der Waals surface area (Å²) in [5.74, 6) is -0.777. The van der Waals surface area contributed by atoms with Crippen LogP contribution in [0, 0.1) is 23.0 Å². The zero-order chi connectivity index (χ0) is 25.9. The van der Waals surface area contributed by atoms with E-state index in [2.05, 4.69) is 0 Å². The zero-order valence-electron chi connectivity index (χ0n) is 20.6. The normalized spacial score (nSPS) is 17.5. The number of ether oxygens (including phenoxy) is 1. The molecule has 0 saturated carbocycles. The SMILES string of the molecule is Cc1cc(/C(O)=C2\C(=O)C(=O)N(CCN(C)C)[C@H]2c2ccc([N+](=O)[O-])cc2)ccc1OCC(C)C. The number of non-ortho nitro benzene ring substituents is 1. The number of aryl methyl sites for hydroxylation is 1. The van der Waals surface area contributed by atoms with Crippen molar-refractivity contribution in [2.75, 3.05) is 33.8 Å². The van der Waals surface area contributed by atoms with Crippen LogP contribution in [0.1, 0.15) is 36.6 Å². The number of benzene rings is 2. The second-order valence-corrected chi connectivity index (χ2v) is 9.33. The van der Waals surface area contributed by atoms with Crippen LogP contribution in [0.15, 0.2) is 48.0 Å². The number of hydrogen-bond acceptors (Lipinski definition) is 7. The average molecular weight is 482 g/mol. The molecule has 186 valence electrons. The predicted molar refractivity (Wildman–Crippen MR) is 132 cm³/mol. The van der Waals surface area contributed by atoms with E-state index in [0.29, 0.717) is 35.9 Å². The first-order chi connectivity index (χ1) is 16.5. The largest absolute Gasteiger partial charge is 0.507 e. The number of Topliss-reactive ketones (excluding diaryl/α,β-unsaturated/α-hetero) is 1. The van der Waals surface area contributed by atoms with Crippen LogP contribution in [0.4, 0.5) is 5.69 Å². The molecule has 2 aromatic carbocycles. The fraction of sp³-hybridized carbons (Fsp3) is 0.385. The molecule has 1 aliphatic rings. The molecular weight excluding hydrogens is 450 g/mol. The molecule has 0 bridgehead atoms. The Labute approximate surface area is 204 Å². The fourth-order valence-electron chi connectivity index (χ4n) is 3.91. The Bertz CT molecular complexity index is 1150. The summed E-state index contributed by atoms with van der Waals surface area (Å²) in [4.78, 5) is 40.0. The number of nitro groups is 1. The summed E-state index contributed by atoms with van der Waals surface area (Å²) < 4.78 is 5.80. The van der Waals surface area contributed by atoms with E-state index in [0.717, 1.165) is 5.56 Å². The second-order valence-electron chi connectivity index (χ2n) is 9.33. The van der Waals surface area contributed by atoms with Crippen molar-refractivity contribution in [1.82, 2.24) is 9.80 Å². The van der Waals surface area contributed by atoms with Crippen LogP contribution in [-0.2, 0) is 9.59 Å². The molecule has 1 amide bonds. The Balaban J connectivity index is 2.08. The number of likely N-dealkylation sites (tertiary alicyclic amines) is 1. The molecule has 1 saturated heterocycles. The van der Waals surface area contributed by atoms with E-state index >= 15 is 0 Å². The van der Waals surface area contributed by atoms with Crippen LogP contribution in [0.25, 0.3) is 5.76 Å². The molecule has 9 heteroatoms. The van der Waals surface area contributed by atoms with Gasteiger partial charge in [0.05, 0.1) is 23.1 Å². The summed E-state index contributed by atoms with van der Waals surface area (Å²) in [5, 5.41) is 22.3. The van der Waals surface area contributed by atoms with E-state index in [-0.39, 0.29) is 23.6 Å². The van der Waals surface area contributed by atoms with Crippen molar-refractivity contribution in [2.24, 2.45) is 5.92 Å². The van der Waals surface area contributed by atoms with Gasteiger partial charge in [-0.05, 0) is 68.4 Å². The third-order valence-electron chi connectivity index (χ3n) is 5.77. The Morgan fingerprint density at radius 2 is 1.83 bits per heavy atom. The highest BCUT2D eigenvalue weighted by atomic mass is 16.6. The van der Waals surface area contributed by atoms with E-state index in [9.17, 15) is 24.8 Å². The maximum atomic E-state index is 13.1. The number of ketones is 1. The lowest BCUT2D eigenvalue weighted by molar-refractivity contribution is -0.384. The number of carbonyl (C=O) groups is 2. The smallest absolute Gasteiger partial charge is 0.295 e. The Morgan fingerprint density at radius 1 is 1.17 bits per heavy atom. The first-order valence-electron chi connectivity index (χ1n) is 11.4. The van der Waals surface area contributed by atoms with Gasteiger partial charge in [0, 0.05) is 30.8 Å². The van der Waals surface area contributed by atoms with Crippen molar-refractivity contribution < 1.29 is 24.4 Å². The van der Waals surface area contributed by atoms with Crippen molar-refractivity contribution in [3.63, 3.8) is 0 Å². The average Bonchev–Trinajstić information content (AvgIpc) is 3.06. The zero-order valence-corrected chi connectivity index (χ0v) is 20.6. The number of aliphatic hydroxyl groups is 1. The molecule has 0 spiro atoms. The predicted octanol–water partition coefficient (Wildman–Crippen LogP) is 3.92. The highest BCUT2D eigenvalue weighted by molar-refractivity contribution is 6.46. The van der Waals surface area contributed by atoms with Gasteiger partial charge in [0.25, 0.3) is 17.4 Å². The fourth-order valence-corrected chi connectivity index (χ4v) is 3.91. The molecule has 1 atom stereocenters. The first kappa shape index (κ1) is 25.9. The molecule has 2 aromatic rings. The van der Waals surface area contributed by atoms with Crippen molar-refractivity contribution >= 4 is 23.1 Å². The monoisotopic (exact) mass is 481 g/mol.